The molecule has 0 radical (unpaired) electrons. The molecule has 1 fully saturated rings. The highest BCUT2D eigenvalue weighted by atomic mass is 16.5. The molecule has 1 heterocycles. The predicted octanol–water partition coefficient (Wildman–Crippen LogP) is 4.17. The van der Waals surface area contributed by atoms with Crippen LogP contribution in [-0.4, -0.2) is 37.5 Å². The molecule has 2 unspecified atom stereocenters. The van der Waals surface area contributed by atoms with Crippen LogP contribution < -0.4 is 10.1 Å². The summed E-state index contributed by atoms with van der Waals surface area (Å²) in [6.45, 7) is 3.23. The van der Waals surface area contributed by atoms with E-state index in [4.69, 9.17) is 9.47 Å². The van der Waals surface area contributed by atoms with Crippen molar-refractivity contribution in [1.82, 2.24) is 4.90 Å². The number of ether oxygens (including phenoxy) is 2. The van der Waals surface area contributed by atoms with E-state index in [0.29, 0.717) is 18.8 Å². The second-order valence-electron chi connectivity index (χ2n) is 7.59. The van der Waals surface area contributed by atoms with Crippen LogP contribution in [0.3, 0.4) is 0 Å². The van der Waals surface area contributed by atoms with E-state index in [0.717, 1.165) is 29.7 Å². The average molecular weight is 411 g/mol. The molecule has 0 bridgehead atoms. The van der Waals surface area contributed by atoms with Crippen molar-refractivity contribution in [2.45, 2.75) is 38.8 Å². The molecule has 1 aliphatic rings. The number of hydrogen-bond donors (Lipinski definition) is 1. The first-order valence-electron chi connectivity index (χ1n) is 10.4. The first-order chi connectivity index (χ1) is 14.6. The van der Waals surface area contributed by atoms with Crippen LogP contribution in [0.5, 0.6) is 5.75 Å². The number of amides is 2. The number of anilines is 1. The van der Waals surface area contributed by atoms with Crippen LogP contribution in [0.1, 0.15) is 43.4 Å². The van der Waals surface area contributed by atoms with Crippen molar-refractivity contribution >= 4 is 17.5 Å². The van der Waals surface area contributed by atoms with Gasteiger partial charge in [-0.2, -0.15) is 0 Å². The minimum absolute atomic E-state index is 0.0255. The Morgan fingerprint density at radius 1 is 1.17 bits per heavy atom. The number of carbonyl (C=O) groups excluding carboxylic acids is 2. The van der Waals surface area contributed by atoms with Gasteiger partial charge in [0.25, 0.3) is 0 Å². The van der Waals surface area contributed by atoms with Crippen molar-refractivity contribution in [3.8, 4) is 5.75 Å². The normalized spacial score (nSPS) is 18.5. The van der Waals surface area contributed by atoms with Gasteiger partial charge in [0.2, 0.25) is 11.8 Å². The van der Waals surface area contributed by atoms with Gasteiger partial charge in [0.05, 0.1) is 25.7 Å². The third-order valence-corrected chi connectivity index (χ3v) is 5.48. The Hall–Kier alpha value is -2.86. The Bertz CT molecular complexity index is 866. The van der Waals surface area contributed by atoms with Crippen LogP contribution in [0, 0.1) is 5.92 Å². The summed E-state index contributed by atoms with van der Waals surface area (Å²) in [5.41, 5.74) is 2.64. The van der Waals surface area contributed by atoms with Crippen molar-refractivity contribution in [2.75, 3.05) is 26.1 Å². The molecule has 2 atom stereocenters. The van der Waals surface area contributed by atoms with E-state index in [1.54, 1.807) is 14.2 Å². The van der Waals surface area contributed by atoms with E-state index >= 15 is 0 Å². The lowest BCUT2D eigenvalue weighted by atomic mass is 9.92. The SMILES string of the molecule is CCCCN1C(=O)CC(C(=O)Nc2cccc(COC)c2)C1c1ccc(OC)cc1. The number of likely N-dealkylation sites (tertiary alicyclic amines) is 1. The third-order valence-electron chi connectivity index (χ3n) is 5.48. The van der Waals surface area contributed by atoms with E-state index in [-0.39, 0.29) is 24.3 Å². The highest BCUT2D eigenvalue weighted by Gasteiger charge is 2.44. The van der Waals surface area contributed by atoms with Crippen molar-refractivity contribution in [3.05, 3.63) is 59.7 Å². The number of hydrogen-bond acceptors (Lipinski definition) is 4. The van der Waals surface area contributed by atoms with Gasteiger partial charge in [0.15, 0.2) is 0 Å². The number of benzene rings is 2. The molecule has 1 saturated heterocycles. The van der Waals surface area contributed by atoms with E-state index in [9.17, 15) is 9.59 Å². The zero-order valence-corrected chi connectivity index (χ0v) is 17.9. The smallest absolute Gasteiger partial charge is 0.230 e. The van der Waals surface area contributed by atoms with Gasteiger partial charge in [-0.05, 0) is 41.8 Å². The van der Waals surface area contributed by atoms with Gasteiger partial charge in [-0.3, -0.25) is 9.59 Å². The largest absolute Gasteiger partial charge is 0.497 e. The van der Waals surface area contributed by atoms with Crippen LogP contribution in [0.25, 0.3) is 0 Å². The monoisotopic (exact) mass is 410 g/mol. The summed E-state index contributed by atoms with van der Waals surface area (Å²) in [6.07, 6.45) is 2.11. The van der Waals surface area contributed by atoms with Crippen molar-refractivity contribution in [3.63, 3.8) is 0 Å². The second kappa shape index (κ2) is 10.3. The number of nitrogens with one attached hydrogen (secondary N) is 1. The highest BCUT2D eigenvalue weighted by molar-refractivity contribution is 5.98. The molecule has 0 saturated carbocycles. The van der Waals surface area contributed by atoms with Crippen molar-refractivity contribution < 1.29 is 19.1 Å². The summed E-state index contributed by atoms with van der Waals surface area (Å²) in [5.74, 6) is 0.184. The zero-order chi connectivity index (χ0) is 21.5. The maximum absolute atomic E-state index is 13.2. The maximum atomic E-state index is 13.2. The third kappa shape index (κ3) is 5.00. The van der Waals surface area contributed by atoms with Crippen LogP contribution in [0.4, 0.5) is 5.69 Å². The quantitative estimate of drug-likeness (QED) is 0.674. The first-order valence-corrected chi connectivity index (χ1v) is 10.4. The fourth-order valence-electron chi connectivity index (χ4n) is 3.97. The maximum Gasteiger partial charge on any atom is 0.230 e. The molecule has 30 heavy (non-hydrogen) atoms. The van der Waals surface area contributed by atoms with Crippen LogP contribution in [0.2, 0.25) is 0 Å². The number of methoxy groups -OCH3 is 2. The molecule has 3 rings (SSSR count). The summed E-state index contributed by atoms with van der Waals surface area (Å²) in [4.78, 5) is 27.9. The molecule has 1 N–H and O–H groups in total. The minimum Gasteiger partial charge on any atom is -0.497 e. The molecule has 2 aromatic carbocycles. The lowest BCUT2D eigenvalue weighted by Gasteiger charge is -2.28. The highest BCUT2D eigenvalue weighted by Crippen LogP contribution is 2.39. The number of unbranched alkanes of at least 4 members (excludes halogenated alkanes) is 1. The van der Waals surface area contributed by atoms with E-state index in [1.165, 1.54) is 0 Å². The molecule has 2 amide bonds. The second-order valence-corrected chi connectivity index (χ2v) is 7.59. The van der Waals surface area contributed by atoms with Gasteiger partial charge in [0, 0.05) is 25.8 Å². The lowest BCUT2D eigenvalue weighted by molar-refractivity contribution is -0.129. The topological polar surface area (TPSA) is 67.9 Å². The number of rotatable bonds is 9. The van der Waals surface area contributed by atoms with Crippen molar-refractivity contribution in [1.29, 1.82) is 0 Å². The van der Waals surface area contributed by atoms with Gasteiger partial charge in [0.1, 0.15) is 5.75 Å². The predicted molar refractivity (Wildman–Crippen MR) is 116 cm³/mol. The van der Waals surface area contributed by atoms with E-state index in [1.807, 2.05) is 53.4 Å². The summed E-state index contributed by atoms with van der Waals surface area (Å²) in [5, 5.41) is 3.00. The molecule has 6 heteroatoms. The molecule has 0 spiro atoms. The van der Waals surface area contributed by atoms with E-state index in [2.05, 4.69) is 12.2 Å². The minimum atomic E-state index is -0.450. The number of nitrogens with zero attached hydrogens (tertiary/aromatic N) is 1. The van der Waals surface area contributed by atoms with Gasteiger partial charge >= 0.3 is 0 Å². The molecule has 1 aliphatic heterocycles. The summed E-state index contributed by atoms with van der Waals surface area (Å²) in [7, 11) is 3.26. The fraction of sp³-hybridized carbons (Fsp3) is 0.417. The van der Waals surface area contributed by atoms with Crippen molar-refractivity contribution in [2.24, 2.45) is 5.92 Å². The molecule has 160 valence electrons. The van der Waals surface area contributed by atoms with Crippen LogP contribution in [-0.2, 0) is 20.9 Å². The van der Waals surface area contributed by atoms with Gasteiger partial charge in [-0.15, -0.1) is 0 Å². The summed E-state index contributed by atoms with van der Waals surface area (Å²) < 4.78 is 10.4. The average Bonchev–Trinajstić information content (AvgIpc) is 3.09. The molecule has 2 aromatic rings. The standard InChI is InChI=1S/C24H30N2O4/c1-4-5-13-26-22(27)15-21(23(26)18-9-11-20(30-3)12-10-18)24(28)25-19-8-6-7-17(14-19)16-29-2/h6-12,14,21,23H,4-5,13,15-16H2,1-3H3,(H,25,28). The molecule has 0 aromatic heterocycles. The molecule has 0 aliphatic carbocycles. The Labute approximate surface area is 178 Å². The van der Waals surface area contributed by atoms with Gasteiger partial charge < -0.3 is 19.7 Å². The van der Waals surface area contributed by atoms with Crippen LogP contribution in [0.15, 0.2) is 48.5 Å². The molecule has 6 nitrogen and oxygen atoms in total. The lowest BCUT2D eigenvalue weighted by Crippen LogP contribution is -2.33. The molecular weight excluding hydrogens is 380 g/mol. The molecular formula is C24H30N2O4. The first kappa shape index (κ1) is 21.8. The Kier molecular flexibility index (Phi) is 7.46. The summed E-state index contributed by atoms with van der Waals surface area (Å²) in [6, 6.07) is 14.9. The van der Waals surface area contributed by atoms with Gasteiger partial charge in [-0.25, -0.2) is 0 Å². The Balaban J connectivity index is 1.85. The fourth-order valence-corrected chi connectivity index (χ4v) is 3.97. The van der Waals surface area contributed by atoms with E-state index < -0.39 is 5.92 Å². The Morgan fingerprint density at radius 3 is 2.60 bits per heavy atom. The Morgan fingerprint density at radius 2 is 1.93 bits per heavy atom. The number of carbonyl (C=O) groups is 2. The zero-order valence-electron chi connectivity index (χ0n) is 17.9. The van der Waals surface area contributed by atoms with Crippen LogP contribution >= 0.6 is 0 Å². The van der Waals surface area contributed by atoms with Gasteiger partial charge in [-0.1, -0.05) is 37.6 Å². The summed E-state index contributed by atoms with van der Waals surface area (Å²) >= 11 is 0.